The SMILES string of the molecule is Cc1cncc(NC(=O)[C@@H](N)CCc2ccccc2)c1. The Morgan fingerprint density at radius 3 is 2.75 bits per heavy atom. The quantitative estimate of drug-likeness (QED) is 0.875. The van der Waals surface area contributed by atoms with Gasteiger partial charge in [-0.25, -0.2) is 0 Å². The van der Waals surface area contributed by atoms with Crippen molar-refractivity contribution < 1.29 is 4.79 Å². The molecular weight excluding hydrogens is 250 g/mol. The topological polar surface area (TPSA) is 68.0 Å². The number of benzene rings is 1. The van der Waals surface area contributed by atoms with E-state index in [-0.39, 0.29) is 5.91 Å². The Morgan fingerprint density at radius 1 is 1.30 bits per heavy atom. The number of nitrogens with two attached hydrogens (primary N) is 1. The molecule has 1 aromatic carbocycles. The molecule has 20 heavy (non-hydrogen) atoms. The summed E-state index contributed by atoms with van der Waals surface area (Å²) in [5.74, 6) is -0.173. The standard InChI is InChI=1S/C16H19N3O/c1-12-9-14(11-18-10-12)19-16(20)15(17)8-7-13-5-3-2-4-6-13/h2-6,9-11,15H,7-8,17H2,1H3,(H,19,20)/t15-/m0/s1. The lowest BCUT2D eigenvalue weighted by Gasteiger charge is -2.12. The van der Waals surface area contributed by atoms with Gasteiger partial charge in [0, 0.05) is 6.20 Å². The van der Waals surface area contributed by atoms with Crippen LogP contribution in [0.2, 0.25) is 0 Å². The number of hydrogen-bond donors (Lipinski definition) is 2. The molecule has 1 aromatic heterocycles. The highest BCUT2D eigenvalue weighted by Gasteiger charge is 2.13. The summed E-state index contributed by atoms with van der Waals surface area (Å²) in [6, 6.07) is 11.4. The first-order chi connectivity index (χ1) is 9.65. The number of anilines is 1. The summed E-state index contributed by atoms with van der Waals surface area (Å²) in [6.45, 7) is 1.93. The number of carbonyl (C=O) groups excluding carboxylic acids is 1. The van der Waals surface area contributed by atoms with Gasteiger partial charge in [0.2, 0.25) is 5.91 Å². The van der Waals surface area contributed by atoms with Gasteiger partial charge in [-0.2, -0.15) is 0 Å². The summed E-state index contributed by atoms with van der Waals surface area (Å²) in [6.07, 6.45) is 4.77. The number of nitrogens with one attached hydrogen (secondary N) is 1. The van der Waals surface area contributed by atoms with E-state index in [0.29, 0.717) is 12.1 Å². The number of hydrogen-bond acceptors (Lipinski definition) is 3. The molecule has 104 valence electrons. The Balaban J connectivity index is 1.86. The molecule has 0 aliphatic carbocycles. The van der Waals surface area contributed by atoms with Gasteiger partial charge in [-0.3, -0.25) is 9.78 Å². The number of rotatable bonds is 5. The highest BCUT2D eigenvalue weighted by Crippen LogP contribution is 2.09. The fraction of sp³-hybridized carbons (Fsp3) is 0.250. The molecule has 2 rings (SSSR count). The smallest absolute Gasteiger partial charge is 0.241 e. The zero-order chi connectivity index (χ0) is 14.4. The van der Waals surface area contributed by atoms with E-state index in [1.54, 1.807) is 12.4 Å². The minimum absolute atomic E-state index is 0.173. The molecule has 0 fully saturated rings. The van der Waals surface area contributed by atoms with Gasteiger partial charge in [-0.15, -0.1) is 0 Å². The molecule has 0 aliphatic heterocycles. The summed E-state index contributed by atoms with van der Waals surface area (Å²) >= 11 is 0. The maximum atomic E-state index is 12.0. The van der Waals surface area contributed by atoms with Gasteiger partial charge in [0.05, 0.1) is 17.9 Å². The van der Waals surface area contributed by atoms with Crippen LogP contribution in [0.15, 0.2) is 48.8 Å². The zero-order valence-corrected chi connectivity index (χ0v) is 11.5. The van der Waals surface area contributed by atoms with Crippen LogP contribution in [0.1, 0.15) is 17.5 Å². The third-order valence-electron chi connectivity index (χ3n) is 3.07. The number of amides is 1. The van der Waals surface area contributed by atoms with Gasteiger partial charge in [-0.05, 0) is 37.0 Å². The molecule has 4 nitrogen and oxygen atoms in total. The van der Waals surface area contributed by atoms with Crippen molar-refractivity contribution >= 4 is 11.6 Å². The molecule has 4 heteroatoms. The molecule has 0 bridgehead atoms. The normalized spacial score (nSPS) is 11.9. The second-order valence-corrected chi connectivity index (χ2v) is 4.87. The number of pyridine rings is 1. The zero-order valence-electron chi connectivity index (χ0n) is 11.5. The average Bonchev–Trinajstić information content (AvgIpc) is 2.46. The third kappa shape index (κ3) is 4.17. The maximum absolute atomic E-state index is 12.0. The lowest BCUT2D eigenvalue weighted by molar-refractivity contribution is -0.117. The first kappa shape index (κ1) is 14.2. The number of nitrogens with zero attached hydrogens (tertiary/aromatic N) is 1. The van der Waals surface area contributed by atoms with Crippen molar-refractivity contribution in [3.63, 3.8) is 0 Å². The molecule has 0 unspecified atom stereocenters. The number of carbonyl (C=O) groups is 1. The second kappa shape index (κ2) is 6.82. The van der Waals surface area contributed by atoms with Gasteiger partial charge in [0.1, 0.15) is 0 Å². The van der Waals surface area contributed by atoms with Crippen LogP contribution in [-0.4, -0.2) is 16.9 Å². The van der Waals surface area contributed by atoms with Crippen LogP contribution in [0.3, 0.4) is 0 Å². The average molecular weight is 269 g/mol. The van der Waals surface area contributed by atoms with Crippen molar-refractivity contribution in [3.8, 4) is 0 Å². The van der Waals surface area contributed by atoms with Crippen molar-refractivity contribution in [1.29, 1.82) is 0 Å². The first-order valence-electron chi connectivity index (χ1n) is 6.67. The predicted molar refractivity (Wildman–Crippen MR) is 80.3 cm³/mol. The minimum atomic E-state index is -0.518. The maximum Gasteiger partial charge on any atom is 0.241 e. The second-order valence-electron chi connectivity index (χ2n) is 4.87. The van der Waals surface area contributed by atoms with Crippen molar-refractivity contribution in [2.75, 3.05) is 5.32 Å². The van der Waals surface area contributed by atoms with Crippen LogP contribution >= 0.6 is 0 Å². The molecule has 1 amide bonds. The first-order valence-corrected chi connectivity index (χ1v) is 6.67. The number of aryl methyl sites for hydroxylation is 2. The molecule has 0 saturated carbocycles. The molecule has 1 atom stereocenters. The van der Waals surface area contributed by atoms with Gasteiger partial charge < -0.3 is 11.1 Å². The highest BCUT2D eigenvalue weighted by molar-refractivity contribution is 5.94. The molecular formula is C16H19N3O. The monoisotopic (exact) mass is 269 g/mol. The Morgan fingerprint density at radius 2 is 2.05 bits per heavy atom. The predicted octanol–water partition coefficient (Wildman–Crippen LogP) is 2.29. The Kier molecular flexibility index (Phi) is 4.85. The van der Waals surface area contributed by atoms with E-state index in [1.807, 2.05) is 43.3 Å². The van der Waals surface area contributed by atoms with E-state index in [0.717, 1.165) is 12.0 Å². The van der Waals surface area contributed by atoms with Gasteiger partial charge in [0.25, 0.3) is 0 Å². The summed E-state index contributed by atoms with van der Waals surface area (Å²) in [5.41, 5.74) is 8.79. The largest absolute Gasteiger partial charge is 0.323 e. The van der Waals surface area contributed by atoms with Crippen LogP contribution in [0, 0.1) is 6.92 Å². The molecule has 0 aliphatic rings. The van der Waals surface area contributed by atoms with Gasteiger partial charge in [0.15, 0.2) is 0 Å². The Hall–Kier alpha value is -2.20. The van der Waals surface area contributed by atoms with Gasteiger partial charge in [-0.1, -0.05) is 30.3 Å². The fourth-order valence-electron chi connectivity index (χ4n) is 1.96. The van der Waals surface area contributed by atoms with E-state index in [4.69, 9.17) is 5.73 Å². The summed E-state index contributed by atoms with van der Waals surface area (Å²) in [4.78, 5) is 16.0. The van der Waals surface area contributed by atoms with Crippen molar-refractivity contribution in [2.24, 2.45) is 5.73 Å². The van der Waals surface area contributed by atoms with Crippen LogP contribution in [0.25, 0.3) is 0 Å². The molecule has 3 N–H and O–H groups in total. The van der Waals surface area contributed by atoms with E-state index < -0.39 is 6.04 Å². The lowest BCUT2D eigenvalue weighted by atomic mass is 10.1. The van der Waals surface area contributed by atoms with Crippen LogP contribution in [0.4, 0.5) is 5.69 Å². The third-order valence-corrected chi connectivity index (χ3v) is 3.07. The van der Waals surface area contributed by atoms with Crippen molar-refractivity contribution in [2.45, 2.75) is 25.8 Å². The van der Waals surface area contributed by atoms with Crippen LogP contribution < -0.4 is 11.1 Å². The summed E-state index contributed by atoms with van der Waals surface area (Å²) in [7, 11) is 0. The van der Waals surface area contributed by atoms with Gasteiger partial charge >= 0.3 is 0 Å². The van der Waals surface area contributed by atoms with E-state index in [2.05, 4.69) is 10.3 Å². The van der Waals surface area contributed by atoms with E-state index >= 15 is 0 Å². The Labute approximate surface area is 119 Å². The molecule has 0 saturated heterocycles. The summed E-state index contributed by atoms with van der Waals surface area (Å²) < 4.78 is 0. The molecule has 2 aromatic rings. The van der Waals surface area contributed by atoms with Crippen LogP contribution in [-0.2, 0) is 11.2 Å². The molecule has 0 spiro atoms. The Bertz CT molecular complexity index is 569. The van der Waals surface area contributed by atoms with Crippen LogP contribution in [0.5, 0.6) is 0 Å². The van der Waals surface area contributed by atoms with Crippen molar-refractivity contribution in [3.05, 3.63) is 59.9 Å². The number of aromatic nitrogens is 1. The fourth-order valence-corrected chi connectivity index (χ4v) is 1.96. The summed E-state index contributed by atoms with van der Waals surface area (Å²) in [5, 5.41) is 2.79. The van der Waals surface area contributed by atoms with E-state index in [9.17, 15) is 4.79 Å². The van der Waals surface area contributed by atoms with E-state index in [1.165, 1.54) is 5.56 Å². The minimum Gasteiger partial charge on any atom is -0.323 e. The molecule has 0 radical (unpaired) electrons. The molecule has 1 heterocycles. The lowest BCUT2D eigenvalue weighted by Crippen LogP contribution is -2.36. The highest BCUT2D eigenvalue weighted by atomic mass is 16.2. The van der Waals surface area contributed by atoms with Crippen molar-refractivity contribution in [1.82, 2.24) is 4.98 Å².